The highest BCUT2D eigenvalue weighted by Gasteiger charge is 2.46. The van der Waals surface area contributed by atoms with E-state index in [9.17, 15) is 14.4 Å². The molecule has 2 heterocycles. The van der Waals surface area contributed by atoms with E-state index in [0.717, 1.165) is 52.9 Å². The summed E-state index contributed by atoms with van der Waals surface area (Å²) in [6.45, 7) is 8.17. The van der Waals surface area contributed by atoms with E-state index in [1.807, 2.05) is 51.1 Å². The Kier molecular flexibility index (Phi) is 6.92. The average Bonchev–Trinajstić information content (AvgIpc) is 3.39. The van der Waals surface area contributed by atoms with Crippen molar-refractivity contribution in [2.45, 2.75) is 84.7 Å². The van der Waals surface area contributed by atoms with Gasteiger partial charge in [0.2, 0.25) is 11.8 Å². The van der Waals surface area contributed by atoms with Gasteiger partial charge in [0.15, 0.2) is 0 Å². The quantitative estimate of drug-likeness (QED) is 0.362. The topological polar surface area (TPSA) is 70.6 Å². The summed E-state index contributed by atoms with van der Waals surface area (Å²) in [5.41, 5.74) is 3.46. The minimum absolute atomic E-state index is 0.0196. The van der Waals surface area contributed by atoms with Gasteiger partial charge >= 0.3 is 0 Å². The fourth-order valence-electron chi connectivity index (χ4n) is 5.55. The molecule has 0 spiro atoms. The monoisotopic (exact) mass is 517 g/mol. The van der Waals surface area contributed by atoms with Gasteiger partial charge in [-0.05, 0) is 67.1 Å². The van der Waals surface area contributed by atoms with Crippen LogP contribution in [0.25, 0.3) is 20.8 Å². The number of aryl methyl sites for hydroxylation is 1. The summed E-state index contributed by atoms with van der Waals surface area (Å²) >= 11 is 1.63. The van der Waals surface area contributed by atoms with Crippen molar-refractivity contribution in [2.75, 3.05) is 4.90 Å². The number of aromatic nitrogens is 1. The minimum Gasteiger partial charge on any atom is -0.327 e. The van der Waals surface area contributed by atoms with Crippen molar-refractivity contribution in [2.24, 2.45) is 5.41 Å². The van der Waals surface area contributed by atoms with Gasteiger partial charge in [0.1, 0.15) is 11.0 Å². The summed E-state index contributed by atoms with van der Waals surface area (Å²) in [5, 5.41) is 0.903. The maximum Gasteiger partial charge on any atom is 0.257 e. The van der Waals surface area contributed by atoms with Crippen LogP contribution in [-0.2, 0) is 14.4 Å². The smallest absolute Gasteiger partial charge is 0.257 e. The van der Waals surface area contributed by atoms with E-state index >= 15 is 0 Å². The number of anilines is 1. The van der Waals surface area contributed by atoms with Crippen LogP contribution in [0.5, 0.6) is 0 Å². The number of thiazole rings is 1. The van der Waals surface area contributed by atoms with Crippen molar-refractivity contribution in [3.63, 3.8) is 0 Å². The Morgan fingerprint density at radius 2 is 1.76 bits per heavy atom. The van der Waals surface area contributed by atoms with Gasteiger partial charge < -0.3 is 4.90 Å². The maximum atomic E-state index is 13.7. The molecule has 2 aromatic carbocycles. The van der Waals surface area contributed by atoms with Gasteiger partial charge in [-0.3, -0.25) is 14.4 Å². The third kappa shape index (κ3) is 5.33. The van der Waals surface area contributed by atoms with Crippen molar-refractivity contribution in [1.29, 1.82) is 0 Å². The average molecular weight is 518 g/mol. The lowest BCUT2D eigenvalue weighted by Crippen LogP contribution is -2.52. The molecule has 194 valence electrons. The first-order valence-corrected chi connectivity index (χ1v) is 14.1. The molecule has 1 aliphatic carbocycles. The summed E-state index contributed by atoms with van der Waals surface area (Å²) in [5.74, 6) is -0.558. The van der Waals surface area contributed by atoms with Crippen LogP contribution in [-0.4, -0.2) is 39.7 Å². The van der Waals surface area contributed by atoms with E-state index in [-0.39, 0.29) is 35.6 Å². The Morgan fingerprint density at radius 3 is 2.43 bits per heavy atom. The normalized spacial score (nSPS) is 19.1. The number of imide groups is 1. The van der Waals surface area contributed by atoms with E-state index in [0.29, 0.717) is 12.1 Å². The molecule has 0 radical (unpaired) electrons. The molecular weight excluding hydrogens is 482 g/mol. The van der Waals surface area contributed by atoms with Crippen LogP contribution < -0.4 is 4.90 Å². The molecule has 37 heavy (non-hydrogen) atoms. The Balaban J connectivity index is 1.39. The van der Waals surface area contributed by atoms with Gasteiger partial charge in [-0.2, -0.15) is 0 Å². The lowest BCUT2D eigenvalue weighted by molar-refractivity contribution is -0.143. The predicted molar refractivity (Wildman–Crippen MR) is 148 cm³/mol. The second-order valence-electron chi connectivity index (χ2n) is 11.7. The molecule has 7 heteroatoms. The van der Waals surface area contributed by atoms with Crippen molar-refractivity contribution in [1.82, 2.24) is 9.88 Å². The molecule has 3 amide bonds. The molecule has 1 atom stereocenters. The van der Waals surface area contributed by atoms with E-state index in [2.05, 4.69) is 19.1 Å². The fraction of sp³-hybridized carbons (Fsp3) is 0.467. The number of benzene rings is 2. The minimum atomic E-state index is -0.724. The molecule has 2 fully saturated rings. The molecule has 1 saturated heterocycles. The highest BCUT2D eigenvalue weighted by Crippen LogP contribution is 2.35. The van der Waals surface area contributed by atoms with Crippen LogP contribution in [0.1, 0.15) is 71.3 Å². The summed E-state index contributed by atoms with van der Waals surface area (Å²) < 4.78 is 1.13. The van der Waals surface area contributed by atoms with Gasteiger partial charge in [-0.1, -0.05) is 46.1 Å². The number of hydrogen-bond acceptors (Lipinski definition) is 5. The Hall–Kier alpha value is -3.06. The van der Waals surface area contributed by atoms with Crippen LogP contribution in [0.2, 0.25) is 0 Å². The lowest BCUT2D eigenvalue weighted by Gasteiger charge is -2.38. The third-order valence-electron chi connectivity index (χ3n) is 7.31. The molecular formula is C30H35N3O3S. The summed E-state index contributed by atoms with van der Waals surface area (Å²) in [4.78, 5) is 48.1. The number of amides is 3. The molecule has 1 aliphatic heterocycles. The van der Waals surface area contributed by atoms with Crippen LogP contribution in [0.3, 0.4) is 0 Å². The highest BCUT2D eigenvalue weighted by atomic mass is 32.1. The van der Waals surface area contributed by atoms with Crippen LogP contribution in [0.15, 0.2) is 42.5 Å². The number of hydrogen-bond donors (Lipinski definition) is 0. The van der Waals surface area contributed by atoms with E-state index in [1.165, 1.54) is 10.5 Å². The molecule has 0 N–H and O–H groups in total. The van der Waals surface area contributed by atoms with Gasteiger partial charge in [0.05, 0.1) is 22.3 Å². The SMILES string of the molecule is Cc1ccc2nc(-c3ccc(N4C(=O)CC(N(C(=O)CC(C)(C)C)C5CCCCC5)C4=O)cc3)sc2c1. The molecule has 5 rings (SSSR count). The lowest BCUT2D eigenvalue weighted by atomic mass is 9.88. The van der Waals surface area contributed by atoms with E-state index in [4.69, 9.17) is 4.98 Å². The number of fused-ring (bicyclic) bond motifs is 1. The van der Waals surface area contributed by atoms with E-state index in [1.54, 1.807) is 16.2 Å². The Morgan fingerprint density at radius 1 is 1.05 bits per heavy atom. The second kappa shape index (κ2) is 10.0. The maximum absolute atomic E-state index is 13.7. The Labute approximate surface area is 222 Å². The predicted octanol–water partition coefficient (Wildman–Crippen LogP) is 6.50. The van der Waals surface area contributed by atoms with Crippen LogP contribution in [0.4, 0.5) is 5.69 Å². The largest absolute Gasteiger partial charge is 0.327 e. The first-order chi connectivity index (χ1) is 17.6. The second-order valence-corrected chi connectivity index (χ2v) is 12.7. The zero-order valence-electron chi connectivity index (χ0n) is 22.1. The van der Waals surface area contributed by atoms with Crippen molar-refractivity contribution in [3.05, 3.63) is 48.0 Å². The molecule has 0 bridgehead atoms. The number of carbonyl (C=O) groups is 3. The fourth-order valence-corrected chi connectivity index (χ4v) is 6.62. The van der Waals surface area contributed by atoms with Crippen molar-refractivity contribution in [3.8, 4) is 10.6 Å². The first kappa shape index (κ1) is 25.6. The standard InChI is InChI=1S/C30H35N3O3S/c1-19-10-15-23-25(16-19)37-28(31-23)20-11-13-22(14-12-20)33-26(34)17-24(29(33)36)32(21-8-6-5-7-9-21)27(35)18-30(2,3)4/h10-16,21,24H,5-9,17-18H2,1-4H3. The number of carbonyl (C=O) groups excluding carboxylic acids is 3. The summed E-state index contributed by atoms with van der Waals surface area (Å²) in [7, 11) is 0. The van der Waals surface area contributed by atoms with Crippen molar-refractivity contribution >= 4 is 45.0 Å². The zero-order valence-corrected chi connectivity index (χ0v) is 22.9. The third-order valence-corrected chi connectivity index (χ3v) is 8.38. The molecule has 6 nitrogen and oxygen atoms in total. The van der Waals surface area contributed by atoms with Gasteiger partial charge in [-0.15, -0.1) is 11.3 Å². The Bertz CT molecular complexity index is 1330. The first-order valence-electron chi connectivity index (χ1n) is 13.3. The molecule has 2 aliphatic rings. The van der Waals surface area contributed by atoms with Crippen LogP contribution >= 0.6 is 11.3 Å². The zero-order chi connectivity index (χ0) is 26.3. The molecule has 1 unspecified atom stereocenters. The summed E-state index contributed by atoms with van der Waals surface area (Å²) in [6.07, 6.45) is 5.45. The van der Waals surface area contributed by atoms with E-state index < -0.39 is 6.04 Å². The van der Waals surface area contributed by atoms with Crippen molar-refractivity contribution < 1.29 is 14.4 Å². The molecule has 1 saturated carbocycles. The number of rotatable bonds is 5. The van der Waals surface area contributed by atoms with Gasteiger partial charge in [0.25, 0.3) is 5.91 Å². The number of nitrogens with zero attached hydrogens (tertiary/aromatic N) is 3. The summed E-state index contributed by atoms with van der Waals surface area (Å²) in [6, 6.07) is 13.0. The van der Waals surface area contributed by atoms with Gasteiger partial charge in [0, 0.05) is 18.0 Å². The van der Waals surface area contributed by atoms with Gasteiger partial charge in [-0.25, -0.2) is 9.88 Å². The molecule has 3 aromatic rings. The molecule has 1 aromatic heterocycles. The van der Waals surface area contributed by atoms with Crippen LogP contribution in [0, 0.1) is 12.3 Å². The highest BCUT2D eigenvalue weighted by molar-refractivity contribution is 7.21.